The first kappa shape index (κ1) is 24.5. The van der Waals surface area contributed by atoms with Crippen molar-refractivity contribution in [3.05, 3.63) is 36.5 Å². The molecule has 0 saturated carbocycles. The molecule has 31 heavy (non-hydrogen) atoms. The Kier molecular flexibility index (Phi) is 9.63. The second kappa shape index (κ2) is 12.2. The summed E-state index contributed by atoms with van der Waals surface area (Å²) in [6.45, 7) is 2.38. The van der Waals surface area contributed by atoms with E-state index in [9.17, 15) is 18.0 Å². The number of amides is 2. The molecule has 0 spiro atoms. The summed E-state index contributed by atoms with van der Waals surface area (Å²) in [5.74, 6) is -0.412. The Bertz CT molecular complexity index is 978. The van der Waals surface area contributed by atoms with Crippen LogP contribution in [0.4, 0.5) is 10.5 Å². The van der Waals surface area contributed by atoms with Gasteiger partial charge in [-0.15, -0.1) is 0 Å². The molecule has 1 heterocycles. The molecule has 0 bridgehead atoms. The van der Waals surface area contributed by atoms with Crippen molar-refractivity contribution in [3.8, 4) is 0 Å². The number of nitrogens with zero attached hydrogens (tertiary/aromatic N) is 1. The van der Waals surface area contributed by atoms with E-state index in [-0.39, 0.29) is 13.2 Å². The minimum Gasteiger partial charge on any atom is -0.450 e. The minimum absolute atomic E-state index is 0.140. The van der Waals surface area contributed by atoms with E-state index in [0.29, 0.717) is 30.5 Å². The van der Waals surface area contributed by atoms with Crippen molar-refractivity contribution in [1.29, 1.82) is 0 Å². The number of pyridine rings is 1. The molecule has 170 valence electrons. The van der Waals surface area contributed by atoms with E-state index in [1.807, 2.05) is 19.1 Å². The van der Waals surface area contributed by atoms with Gasteiger partial charge in [-0.05, 0) is 37.8 Å². The third-order valence-electron chi connectivity index (χ3n) is 4.45. The Hall–Kier alpha value is -2.76. The summed E-state index contributed by atoms with van der Waals surface area (Å²) in [7, 11) is -3.76. The second-order valence-corrected chi connectivity index (χ2v) is 8.37. The van der Waals surface area contributed by atoms with Crippen LogP contribution in [0.1, 0.15) is 39.0 Å². The molecule has 10 nitrogen and oxygen atoms in total. The number of benzene rings is 1. The van der Waals surface area contributed by atoms with Gasteiger partial charge in [-0.25, -0.2) is 14.7 Å². The van der Waals surface area contributed by atoms with Crippen molar-refractivity contribution in [1.82, 2.24) is 15.0 Å². The summed E-state index contributed by atoms with van der Waals surface area (Å²) >= 11 is 0. The SMILES string of the molecule is CCCCOC(=O)NC(CCCCNS(N)(=O)=O)C(=O)Nc1cccc2cccnc12. The largest absolute Gasteiger partial charge is 0.450 e. The number of hydrogen-bond acceptors (Lipinski definition) is 6. The van der Waals surface area contributed by atoms with Crippen molar-refractivity contribution in [2.75, 3.05) is 18.5 Å². The number of anilines is 1. The molecular formula is C20H29N5O5S. The van der Waals surface area contributed by atoms with Crippen LogP contribution < -0.4 is 20.5 Å². The van der Waals surface area contributed by atoms with Gasteiger partial charge < -0.3 is 15.4 Å². The number of para-hydroxylation sites is 1. The standard InChI is InChI=1S/C20H29N5O5S/c1-2-3-14-30-20(27)25-17(10-4-5-13-23-31(21,28)29)19(26)24-16-11-6-8-15-9-7-12-22-18(15)16/h6-9,11-12,17,23H,2-5,10,13-14H2,1H3,(H,24,26)(H,25,27)(H2,21,28,29). The number of carbonyl (C=O) groups excluding carboxylic acids is 2. The average Bonchev–Trinajstić information content (AvgIpc) is 2.72. The summed E-state index contributed by atoms with van der Waals surface area (Å²) in [4.78, 5) is 29.3. The molecule has 11 heteroatoms. The third-order valence-corrected chi connectivity index (χ3v) is 5.06. The van der Waals surface area contributed by atoms with Gasteiger partial charge in [-0.2, -0.15) is 8.42 Å². The van der Waals surface area contributed by atoms with Crippen LogP contribution in [0.5, 0.6) is 0 Å². The van der Waals surface area contributed by atoms with E-state index in [4.69, 9.17) is 9.88 Å². The fraction of sp³-hybridized carbons (Fsp3) is 0.450. The van der Waals surface area contributed by atoms with Crippen LogP contribution >= 0.6 is 0 Å². The lowest BCUT2D eigenvalue weighted by Gasteiger charge is -2.19. The number of aromatic nitrogens is 1. The zero-order chi connectivity index (χ0) is 22.7. The molecule has 2 amide bonds. The van der Waals surface area contributed by atoms with Crippen LogP contribution in [-0.2, 0) is 19.7 Å². The molecule has 1 aromatic carbocycles. The van der Waals surface area contributed by atoms with Crippen LogP contribution in [0.3, 0.4) is 0 Å². The summed E-state index contributed by atoms with van der Waals surface area (Å²) in [6, 6.07) is 8.26. The van der Waals surface area contributed by atoms with Gasteiger partial charge in [0.05, 0.1) is 17.8 Å². The fourth-order valence-corrected chi connectivity index (χ4v) is 3.30. The predicted molar refractivity (Wildman–Crippen MR) is 119 cm³/mol. The highest BCUT2D eigenvalue weighted by Gasteiger charge is 2.22. The van der Waals surface area contributed by atoms with Crippen molar-refractivity contribution in [3.63, 3.8) is 0 Å². The van der Waals surface area contributed by atoms with Gasteiger partial charge in [-0.1, -0.05) is 31.5 Å². The third kappa shape index (κ3) is 8.87. The average molecular weight is 452 g/mol. The van der Waals surface area contributed by atoms with Crippen molar-refractivity contribution < 1.29 is 22.7 Å². The Morgan fingerprint density at radius 2 is 1.94 bits per heavy atom. The summed E-state index contributed by atoms with van der Waals surface area (Å²) < 4.78 is 29.2. The van der Waals surface area contributed by atoms with Crippen molar-refractivity contribution in [2.24, 2.45) is 5.14 Å². The smallest absolute Gasteiger partial charge is 0.407 e. The molecular weight excluding hydrogens is 422 g/mol. The van der Waals surface area contributed by atoms with Gasteiger partial charge in [-0.3, -0.25) is 9.78 Å². The van der Waals surface area contributed by atoms with E-state index in [1.54, 1.807) is 24.4 Å². The Balaban J connectivity index is 2.02. The molecule has 2 rings (SSSR count). The number of hydrogen-bond donors (Lipinski definition) is 4. The van der Waals surface area contributed by atoms with Gasteiger partial charge in [0.15, 0.2) is 0 Å². The first-order valence-corrected chi connectivity index (χ1v) is 11.7. The first-order chi connectivity index (χ1) is 14.8. The van der Waals surface area contributed by atoms with Crippen LogP contribution in [0.15, 0.2) is 36.5 Å². The maximum absolute atomic E-state index is 12.9. The molecule has 0 aliphatic heterocycles. The summed E-state index contributed by atoms with van der Waals surface area (Å²) in [5.41, 5.74) is 1.17. The molecule has 0 fully saturated rings. The maximum Gasteiger partial charge on any atom is 0.407 e. The number of alkyl carbamates (subject to hydrolysis) is 1. The highest BCUT2D eigenvalue weighted by molar-refractivity contribution is 7.87. The molecule has 1 atom stereocenters. The Morgan fingerprint density at radius 3 is 2.68 bits per heavy atom. The van der Waals surface area contributed by atoms with E-state index in [0.717, 1.165) is 18.2 Å². The van der Waals surface area contributed by atoms with Gasteiger partial charge in [0, 0.05) is 18.1 Å². The summed E-state index contributed by atoms with van der Waals surface area (Å²) in [5, 5.41) is 11.2. The zero-order valence-electron chi connectivity index (χ0n) is 17.5. The zero-order valence-corrected chi connectivity index (χ0v) is 18.3. The number of carbonyl (C=O) groups is 2. The molecule has 5 N–H and O–H groups in total. The van der Waals surface area contributed by atoms with Crippen LogP contribution in [0.2, 0.25) is 0 Å². The highest BCUT2D eigenvalue weighted by atomic mass is 32.2. The van der Waals surface area contributed by atoms with E-state index < -0.39 is 28.3 Å². The molecule has 0 radical (unpaired) electrons. The number of ether oxygens (including phenoxy) is 1. The van der Waals surface area contributed by atoms with Gasteiger partial charge >= 0.3 is 6.09 Å². The van der Waals surface area contributed by atoms with Gasteiger partial charge in [0.25, 0.3) is 10.2 Å². The number of nitrogens with one attached hydrogen (secondary N) is 3. The topological polar surface area (TPSA) is 153 Å². The van der Waals surface area contributed by atoms with Crippen LogP contribution in [0.25, 0.3) is 10.9 Å². The molecule has 1 aromatic heterocycles. The van der Waals surface area contributed by atoms with Crippen molar-refractivity contribution in [2.45, 2.75) is 45.1 Å². The Morgan fingerprint density at radius 1 is 1.16 bits per heavy atom. The van der Waals surface area contributed by atoms with E-state index in [1.165, 1.54) is 0 Å². The Labute approximate surface area is 182 Å². The molecule has 0 aliphatic rings. The lowest BCUT2D eigenvalue weighted by Crippen LogP contribution is -2.44. The van der Waals surface area contributed by atoms with Gasteiger partial charge in [0.1, 0.15) is 6.04 Å². The normalized spacial score (nSPS) is 12.3. The first-order valence-electron chi connectivity index (χ1n) is 10.2. The molecule has 2 aromatic rings. The van der Waals surface area contributed by atoms with Crippen molar-refractivity contribution >= 4 is 38.8 Å². The lowest BCUT2D eigenvalue weighted by atomic mass is 10.1. The molecule has 1 unspecified atom stereocenters. The summed E-state index contributed by atoms with van der Waals surface area (Å²) in [6.07, 6.45) is 3.78. The number of unbranched alkanes of at least 4 members (excludes halogenated alkanes) is 2. The highest BCUT2D eigenvalue weighted by Crippen LogP contribution is 2.21. The lowest BCUT2D eigenvalue weighted by molar-refractivity contribution is -0.118. The van der Waals surface area contributed by atoms with Crippen LogP contribution in [0, 0.1) is 0 Å². The number of rotatable bonds is 12. The van der Waals surface area contributed by atoms with E-state index >= 15 is 0 Å². The fourth-order valence-electron chi connectivity index (χ4n) is 2.87. The molecule has 0 aliphatic carbocycles. The van der Waals surface area contributed by atoms with Crippen LogP contribution in [-0.4, -0.2) is 44.6 Å². The monoisotopic (exact) mass is 451 g/mol. The number of fused-ring (bicyclic) bond motifs is 1. The number of nitrogens with two attached hydrogens (primary N) is 1. The maximum atomic E-state index is 12.9. The van der Waals surface area contributed by atoms with Gasteiger partial charge in [0.2, 0.25) is 5.91 Å². The van der Waals surface area contributed by atoms with E-state index in [2.05, 4.69) is 20.3 Å². The minimum atomic E-state index is -3.76. The second-order valence-electron chi connectivity index (χ2n) is 6.99. The molecule has 0 saturated heterocycles. The predicted octanol–water partition coefficient (Wildman–Crippen LogP) is 2.03. The quantitative estimate of drug-likeness (QED) is 0.362.